The molecule has 0 bridgehead atoms. The van der Waals surface area contributed by atoms with Gasteiger partial charge in [0.1, 0.15) is 0 Å². The number of amides is 1. The molecule has 0 radical (unpaired) electrons. The molecule has 1 atom stereocenters. The minimum Gasteiger partial charge on any atom is -0.389 e. The molecule has 23 heavy (non-hydrogen) atoms. The Morgan fingerprint density at radius 1 is 1.35 bits per heavy atom. The number of carbonyl (C=O) groups excluding carboxylic acids is 1. The first-order valence-corrected chi connectivity index (χ1v) is 6.94. The van der Waals surface area contributed by atoms with Crippen molar-refractivity contribution in [2.24, 2.45) is 0 Å². The smallest absolute Gasteiger partial charge is 0.352 e. The summed E-state index contributed by atoms with van der Waals surface area (Å²) < 4.78 is 42.0. The van der Waals surface area contributed by atoms with Gasteiger partial charge in [-0.2, -0.15) is 13.2 Å². The molecule has 7 heteroatoms. The number of nitrogens with zero attached hydrogens (tertiary/aromatic N) is 2. The van der Waals surface area contributed by atoms with E-state index < -0.39 is 29.4 Å². The van der Waals surface area contributed by atoms with Crippen molar-refractivity contribution in [1.29, 1.82) is 0 Å². The Balaban J connectivity index is 2.08. The van der Waals surface area contributed by atoms with Gasteiger partial charge in [0, 0.05) is 6.20 Å². The summed E-state index contributed by atoms with van der Waals surface area (Å²) >= 11 is 0. The average Bonchev–Trinajstić information content (AvgIpc) is 2.68. The molecule has 0 aliphatic carbocycles. The maximum Gasteiger partial charge on any atom is 0.352 e. The van der Waals surface area contributed by atoms with Crippen molar-refractivity contribution in [3.63, 3.8) is 0 Å². The number of pyridine rings is 1. The van der Waals surface area contributed by atoms with E-state index in [1.165, 1.54) is 37.4 Å². The minimum absolute atomic E-state index is 0.00394. The summed E-state index contributed by atoms with van der Waals surface area (Å²) in [7, 11) is 0. The van der Waals surface area contributed by atoms with E-state index in [1.54, 1.807) is 0 Å². The molecule has 1 aromatic carbocycles. The van der Waals surface area contributed by atoms with Gasteiger partial charge in [-0.3, -0.25) is 4.79 Å². The van der Waals surface area contributed by atoms with Crippen molar-refractivity contribution >= 4 is 11.6 Å². The summed E-state index contributed by atoms with van der Waals surface area (Å²) in [5.74, 6) is -5.87. The van der Waals surface area contributed by atoms with Crippen molar-refractivity contribution in [2.45, 2.75) is 25.5 Å². The zero-order valence-electron chi connectivity index (χ0n) is 12.1. The van der Waals surface area contributed by atoms with Crippen LogP contribution >= 0.6 is 0 Å². The molecule has 0 unspecified atom stereocenters. The maximum absolute atomic E-state index is 14.4. The van der Waals surface area contributed by atoms with Crippen molar-refractivity contribution in [3.8, 4) is 0 Å². The lowest BCUT2D eigenvalue weighted by atomic mass is 9.98. The highest BCUT2D eigenvalue weighted by Gasteiger charge is 2.54. The third-order valence-corrected chi connectivity index (χ3v) is 3.77. The molecule has 120 valence electrons. The third kappa shape index (κ3) is 2.46. The van der Waals surface area contributed by atoms with Crippen LogP contribution in [0.1, 0.15) is 29.7 Å². The number of benzene rings is 1. The van der Waals surface area contributed by atoms with E-state index in [1.807, 2.05) is 0 Å². The topological polar surface area (TPSA) is 53.4 Å². The van der Waals surface area contributed by atoms with Crippen molar-refractivity contribution < 1.29 is 23.1 Å². The summed E-state index contributed by atoms with van der Waals surface area (Å²) in [4.78, 5) is 16.4. The standard InChI is InChI=1S/C16H13F3N2O2/c1-9(22)11-3-2-4-12-14(11)16(18,19)15(23)21(12)8-10-5-6-20-13(17)7-10/h2-7,9,22H,8H2,1H3/t9-/m0/s1. The van der Waals surface area contributed by atoms with Crippen LogP contribution in [0.4, 0.5) is 18.9 Å². The molecular weight excluding hydrogens is 309 g/mol. The van der Waals surface area contributed by atoms with Gasteiger partial charge in [0.25, 0.3) is 0 Å². The Morgan fingerprint density at radius 2 is 2.09 bits per heavy atom. The first-order chi connectivity index (χ1) is 10.8. The SMILES string of the molecule is C[C@H](O)c1cccc2c1C(F)(F)C(=O)N2Cc1ccnc(F)c1. The fourth-order valence-corrected chi connectivity index (χ4v) is 2.74. The van der Waals surface area contributed by atoms with Crippen LogP contribution in [-0.4, -0.2) is 16.0 Å². The van der Waals surface area contributed by atoms with Gasteiger partial charge < -0.3 is 10.0 Å². The summed E-state index contributed by atoms with van der Waals surface area (Å²) in [6.45, 7) is 1.15. The number of alkyl halides is 2. The lowest BCUT2D eigenvalue weighted by Crippen LogP contribution is -2.34. The number of halogens is 3. The lowest BCUT2D eigenvalue weighted by Gasteiger charge is -2.17. The first-order valence-electron chi connectivity index (χ1n) is 6.94. The molecule has 4 nitrogen and oxygen atoms in total. The molecule has 2 aromatic rings. The van der Waals surface area contributed by atoms with Crippen LogP contribution in [0.5, 0.6) is 0 Å². The van der Waals surface area contributed by atoms with Crippen molar-refractivity contribution in [1.82, 2.24) is 4.98 Å². The van der Waals surface area contributed by atoms with E-state index in [0.29, 0.717) is 5.56 Å². The molecule has 0 spiro atoms. The molecule has 1 aromatic heterocycles. The van der Waals surface area contributed by atoms with Crippen LogP contribution in [0.3, 0.4) is 0 Å². The highest BCUT2D eigenvalue weighted by atomic mass is 19.3. The number of fused-ring (bicyclic) bond motifs is 1. The molecule has 0 fully saturated rings. The summed E-state index contributed by atoms with van der Waals surface area (Å²) in [6.07, 6.45) is 0.0678. The Labute approximate surface area is 130 Å². The highest BCUT2D eigenvalue weighted by molar-refractivity contribution is 6.06. The number of aromatic nitrogens is 1. The zero-order valence-corrected chi connectivity index (χ0v) is 12.1. The van der Waals surface area contributed by atoms with E-state index >= 15 is 0 Å². The normalized spacial score (nSPS) is 17.3. The Morgan fingerprint density at radius 3 is 2.74 bits per heavy atom. The number of aliphatic hydroxyl groups is 1. The second-order valence-corrected chi connectivity index (χ2v) is 5.37. The number of aliphatic hydroxyl groups excluding tert-OH is 1. The van der Waals surface area contributed by atoms with E-state index in [4.69, 9.17) is 0 Å². The number of rotatable bonds is 3. The Hall–Kier alpha value is -2.41. The second-order valence-electron chi connectivity index (χ2n) is 5.37. The summed E-state index contributed by atoms with van der Waals surface area (Å²) in [5, 5.41) is 9.70. The highest BCUT2D eigenvalue weighted by Crippen LogP contribution is 2.47. The van der Waals surface area contributed by atoms with E-state index in [0.717, 1.165) is 11.0 Å². The second kappa shape index (κ2) is 5.34. The molecular formula is C16H13F3N2O2. The molecule has 1 aliphatic rings. The predicted octanol–water partition coefficient (Wildman–Crippen LogP) is 2.91. The number of hydrogen-bond donors (Lipinski definition) is 1. The number of hydrogen-bond acceptors (Lipinski definition) is 3. The number of anilines is 1. The summed E-state index contributed by atoms with van der Waals surface area (Å²) in [6, 6.07) is 6.78. The molecule has 2 heterocycles. The number of carbonyl (C=O) groups is 1. The van der Waals surface area contributed by atoms with Gasteiger partial charge in [-0.05, 0) is 36.2 Å². The maximum atomic E-state index is 14.4. The predicted molar refractivity (Wildman–Crippen MR) is 76.4 cm³/mol. The molecule has 0 saturated carbocycles. The average molecular weight is 322 g/mol. The van der Waals surface area contributed by atoms with Crippen LogP contribution in [0.15, 0.2) is 36.5 Å². The fraction of sp³-hybridized carbons (Fsp3) is 0.250. The molecule has 0 saturated heterocycles. The Bertz CT molecular complexity index is 778. The van der Waals surface area contributed by atoms with Gasteiger partial charge >= 0.3 is 11.8 Å². The van der Waals surface area contributed by atoms with Crippen LogP contribution in [0, 0.1) is 5.95 Å². The minimum atomic E-state index is -3.73. The lowest BCUT2D eigenvalue weighted by molar-refractivity contribution is -0.141. The monoisotopic (exact) mass is 322 g/mol. The van der Waals surface area contributed by atoms with Gasteiger partial charge in [0.05, 0.1) is 23.9 Å². The van der Waals surface area contributed by atoms with Crippen LogP contribution in [0.25, 0.3) is 0 Å². The first kappa shape index (κ1) is 15.5. The zero-order chi connectivity index (χ0) is 16.8. The van der Waals surface area contributed by atoms with Gasteiger partial charge in [0.15, 0.2) is 0 Å². The van der Waals surface area contributed by atoms with Gasteiger partial charge in [-0.15, -0.1) is 0 Å². The van der Waals surface area contributed by atoms with Gasteiger partial charge in [-0.25, -0.2) is 4.98 Å². The largest absolute Gasteiger partial charge is 0.389 e. The van der Waals surface area contributed by atoms with Gasteiger partial charge in [-0.1, -0.05) is 12.1 Å². The van der Waals surface area contributed by atoms with E-state index in [-0.39, 0.29) is 17.8 Å². The van der Waals surface area contributed by atoms with Crippen LogP contribution in [-0.2, 0) is 17.3 Å². The molecule has 3 rings (SSSR count). The third-order valence-electron chi connectivity index (χ3n) is 3.77. The quantitative estimate of drug-likeness (QED) is 0.884. The van der Waals surface area contributed by atoms with Crippen LogP contribution < -0.4 is 4.90 Å². The Kier molecular flexibility index (Phi) is 3.60. The molecule has 1 amide bonds. The van der Waals surface area contributed by atoms with Crippen LogP contribution in [0.2, 0.25) is 0 Å². The van der Waals surface area contributed by atoms with E-state index in [9.17, 15) is 23.1 Å². The van der Waals surface area contributed by atoms with Crippen molar-refractivity contribution in [3.05, 3.63) is 59.2 Å². The van der Waals surface area contributed by atoms with Crippen molar-refractivity contribution in [2.75, 3.05) is 4.90 Å². The fourth-order valence-electron chi connectivity index (χ4n) is 2.74. The van der Waals surface area contributed by atoms with Gasteiger partial charge in [0.2, 0.25) is 5.95 Å². The molecule has 1 N–H and O–H groups in total. The summed E-state index contributed by atoms with van der Waals surface area (Å²) in [5.41, 5.74) is -0.119. The van der Waals surface area contributed by atoms with E-state index in [2.05, 4.69) is 4.98 Å². The molecule has 1 aliphatic heterocycles.